The molecule has 0 saturated heterocycles. The minimum atomic E-state index is -0.225. The Morgan fingerprint density at radius 3 is 2.37 bits per heavy atom. The third kappa shape index (κ3) is 5.54. The number of carbonyl (C=O) groups is 1. The molecule has 0 aliphatic rings. The standard InChI is InChI=1S/C21H27NO5/c1-5-6-11-27-18-10-7-15(12-20(18)26-4)14-22-21(23)17-9-8-16(24-2)13-19(17)25-3/h7-10,12-13H,5-6,11,14H2,1-4H3,(H,22,23). The van der Waals surface area contributed by atoms with Crippen molar-refractivity contribution in [3.05, 3.63) is 47.5 Å². The third-order valence-electron chi connectivity index (χ3n) is 4.09. The Hall–Kier alpha value is -2.89. The van der Waals surface area contributed by atoms with Crippen LogP contribution in [0.4, 0.5) is 0 Å². The molecule has 0 heterocycles. The van der Waals surface area contributed by atoms with Gasteiger partial charge in [-0.3, -0.25) is 4.79 Å². The van der Waals surface area contributed by atoms with Gasteiger partial charge in [-0.15, -0.1) is 0 Å². The number of rotatable bonds is 10. The lowest BCUT2D eigenvalue weighted by molar-refractivity contribution is 0.0948. The maximum atomic E-state index is 12.5. The lowest BCUT2D eigenvalue weighted by Crippen LogP contribution is -2.23. The van der Waals surface area contributed by atoms with E-state index in [0.717, 1.165) is 18.4 Å². The van der Waals surface area contributed by atoms with E-state index in [1.807, 2.05) is 18.2 Å². The van der Waals surface area contributed by atoms with Gasteiger partial charge in [0.15, 0.2) is 11.5 Å². The van der Waals surface area contributed by atoms with Gasteiger partial charge in [-0.2, -0.15) is 0 Å². The number of benzene rings is 2. The predicted molar refractivity (Wildman–Crippen MR) is 104 cm³/mol. The van der Waals surface area contributed by atoms with Crippen LogP contribution < -0.4 is 24.3 Å². The SMILES string of the molecule is CCCCOc1ccc(CNC(=O)c2ccc(OC)cc2OC)cc1OC. The van der Waals surface area contributed by atoms with E-state index in [1.54, 1.807) is 32.4 Å². The first-order valence-corrected chi connectivity index (χ1v) is 8.92. The van der Waals surface area contributed by atoms with Gasteiger partial charge in [0.05, 0.1) is 33.5 Å². The van der Waals surface area contributed by atoms with Crippen LogP contribution in [-0.4, -0.2) is 33.8 Å². The second-order valence-electron chi connectivity index (χ2n) is 5.94. The van der Waals surface area contributed by atoms with Crippen molar-refractivity contribution < 1.29 is 23.7 Å². The minimum Gasteiger partial charge on any atom is -0.497 e. The van der Waals surface area contributed by atoms with Crippen molar-refractivity contribution in [2.75, 3.05) is 27.9 Å². The fourth-order valence-electron chi connectivity index (χ4n) is 2.53. The minimum absolute atomic E-state index is 0.225. The zero-order valence-corrected chi connectivity index (χ0v) is 16.3. The van der Waals surface area contributed by atoms with Gasteiger partial charge in [0, 0.05) is 12.6 Å². The Morgan fingerprint density at radius 2 is 1.70 bits per heavy atom. The molecule has 0 unspecified atom stereocenters. The number of nitrogens with one attached hydrogen (secondary N) is 1. The molecule has 1 N–H and O–H groups in total. The number of hydrogen-bond donors (Lipinski definition) is 1. The number of unbranched alkanes of at least 4 members (excludes halogenated alkanes) is 1. The Labute approximate surface area is 160 Å². The van der Waals surface area contributed by atoms with Crippen LogP contribution in [0.15, 0.2) is 36.4 Å². The van der Waals surface area contributed by atoms with E-state index < -0.39 is 0 Å². The average molecular weight is 373 g/mol. The Kier molecular flexibility index (Phi) is 7.79. The van der Waals surface area contributed by atoms with E-state index in [0.29, 0.717) is 41.7 Å². The van der Waals surface area contributed by atoms with Gasteiger partial charge in [0.2, 0.25) is 0 Å². The summed E-state index contributed by atoms with van der Waals surface area (Å²) in [6, 6.07) is 10.7. The molecule has 0 aliphatic heterocycles. The van der Waals surface area contributed by atoms with Crippen LogP contribution >= 0.6 is 0 Å². The van der Waals surface area contributed by atoms with Gasteiger partial charge < -0.3 is 24.3 Å². The smallest absolute Gasteiger partial charge is 0.255 e. The first kappa shape index (κ1) is 20.4. The molecule has 146 valence electrons. The molecule has 0 saturated carbocycles. The molecule has 0 spiro atoms. The van der Waals surface area contributed by atoms with E-state index in [4.69, 9.17) is 18.9 Å². The van der Waals surface area contributed by atoms with Crippen LogP contribution in [0.25, 0.3) is 0 Å². The normalized spacial score (nSPS) is 10.2. The van der Waals surface area contributed by atoms with E-state index >= 15 is 0 Å². The highest BCUT2D eigenvalue weighted by Crippen LogP contribution is 2.28. The molecular formula is C21H27NO5. The molecule has 6 heteroatoms. The summed E-state index contributed by atoms with van der Waals surface area (Å²) in [4.78, 5) is 12.5. The topological polar surface area (TPSA) is 66.0 Å². The van der Waals surface area contributed by atoms with Crippen molar-refractivity contribution in [3.8, 4) is 23.0 Å². The van der Waals surface area contributed by atoms with Crippen LogP contribution in [0.3, 0.4) is 0 Å². The summed E-state index contributed by atoms with van der Waals surface area (Å²) < 4.78 is 21.6. The lowest BCUT2D eigenvalue weighted by atomic mass is 10.1. The summed E-state index contributed by atoms with van der Waals surface area (Å²) in [6.07, 6.45) is 2.06. The lowest BCUT2D eigenvalue weighted by Gasteiger charge is -2.13. The molecule has 1 amide bonds. The fraction of sp³-hybridized carbons (Fsp3) is 0.381. The van der Waals surface area contributed by atoms with Gasteiger partial charge in [0.1, 0.15) is 11.5 Å². The third-order valence-corrected chi connectivity index (χ3v) is 4.09. The molecule has 2 aromatic rings. The number of amides is 1. The first-order valence-electron chi connectivity index (χ1n) is 8.92. The molecule has 2 aromatic carbocycles. The summed E-state index contributed by atoms with van der Waals surface area (Å²) >= 11 is 0. The maximum Gasteiger partial charge on any atom is 0.255 e. The van der Waals surface area contributed by atoms with E-state index in [2.05, 4.69) is 12.2 Å². The molecule has 0 bridgehead atoms. The molecule has 0 atom stereocenters. The predicted octanol–water partition coefficient (Wildman–Crippen LogP) is 3.82. The van der Waals surface area contributed by atoms with Crippen LogP contribution in [0, 0.1) is 0 Å². The van der Waals surface area contributed by atoms with Gasteiger partial charge in [-0.1, -0.05) is 19.4 Å². The van der Waals surface area contributed by atoms with Crippen LogP contribution in [-0.2, 0) is 6.54 Å². The van der Waals surface area contributed by atoms with E-state index in [-0.39, 0.29) is 5.91 Å². The van der Waals surface area contributed by atoms with Crippen molar-refractivity contribution in [2.24, 2.45) is 0 Å². The number of carbonyl (C=O) groups excluding carboxylic acids is 1. The summed E-state index contributed by atoms with van der Waals surface area (Å²) in [6.45, 7) is 3.13. The van der Waals surface area contributed by atoms with Crippen LogP contribution in [0.1, 0.15) is 35.7 Å². The maximum absolute atomic E-state index is 12.5. The summed E-state index contributed by atoms with van der Waals surface area (Å²) in [5, 5.41) is 2.89. The average Bonchev–Trinajstić information content (AvgIpc) is 2.72. The Bertz CT molecular complexity index is 760. The molecule has 0 aliphatic carbocycles. The largest absolute Gasteiger partial charge is 0.497 e. The van der Waals surface area contributed by atoms with Crippen molar-refractivity contribution in [3.63, 3.8) is 0 Å². The van der Waals surface area contributed by atoms with Crippen molar-refractivity contribution in [1.29, 1.82) is 0 Å². The zero-order chi connectivity index (χ0) is 19.6. The fourth-order valence-corrected chi connectivity index (χ4v) is 2.53. The van der Waals surface area contributed by atoms with E-state index in [1.165, 1.54) is 7.11 Å². The van der Waals surface area contributed by atoms with Crippen molar-refractivity contribution in [2.45, 2.75) is 26.3 Å². The van der Waals surface area contributed by atoms with Crippen molar-refractivity contribution >= 4 is 5.91 Å². The van der Waals surface area contributed by atoms with Gasteiger partial charge in [-0.05, 0) is 36.2 Å². The van der Waals surface area contributed by atoms with Crippen LogP contribution in [0.5, 0.6) is 23.0 Å². The summed E-state index contributed by atoms with van der Waals surface area (Å²) in [5.41, 5.74) is 1.36. The second kappa shape index (κ2) is 10.3. The highest BCUT2D eigenvalue weighted by Gasteiger charge is 2.14. The number of ether oxygens (including phenoxy) is 4. The van der Waals surface area contributed by atoms with E-state index in [9.17, 15) is 4.79 Å². The molecule has 6 nitrogen and oxygen atoms in total. The highest BCUT2D eigenvalue weighted by atomic mass is 16.5. The zero-order valence-electron chi connectivity index (χ0n) is 16.3. The monoisotopic (exact) mass is 373 g/mol. The highest BCUT2D eigenvalue weighted by molar-refractivity contribution is 5.97. The molecule has 0 radical (unpaired) electrons. The van der Waals surface area contributed by atoms with Gasteiger partial charge in [0.25, 0.3) is 5.91 Å². The molecule has 27 heavy (non-hydrogen) atoms. The first-order chi connectivity index (χ1) is 13.1. The number of hydrogen-bond acceptors (Lipinski definition) is 5. The molecule has 0 aromatic heterocycles. The molecule has 0 fully saturated rings. The second-order valence-corrected chi connectivity index (χ2v) is 5.94. The summed E-state index contributed by atoms with van der Waals surface area (Å²) in [7, 11) is 4.69. The number of methoxy groups -OCH3 is 3. The molecule has 2 rings (SSSR count). The summed E-state index contributed by atoms with van der Waals surface area (Å²) in [5.74, 6) is 2.23. The molecular weight excluding hydrogens is 346 g/mol. The Balaban J connectivity index is 2.04. The van der Waals surface area contributed by atoms with Gasteiger partial charge >= 0.3 is 0 Å². The Morgan fingerprint density at radius 1 is 0.926 bits per heavy atom. The van der Waals surface area contributed by atoms with Gasteiger partial charge in [-0.25, -0.2) is 0 Å². The van der Waals surface area contributed by atoms with Crippen molar-refractivity contribution in [1.82, 2.24) is 5.32 Å². The quantitative estimate of drug-likeness (QED) is 0.641. The van der Waals surface area contributed by atoms with Crippen LogP contribution in [0.2, 0.25) is 0 Å².